The van der Waals surface area contributed by atoms with Gasteiger partial charge in [0.2, 0.25) is 0 Å². The minimum Gasteiger partial charge on any atom is -0.365 e. The molecule has 2 fully saturated rings. The summed E-state index contributed by atoms with van der Waals surface area (Å²) < 4.78 is 33.0. The molecule has 0 spiro atoms. The first kappa shape index (κ1) is 17.7. The summed E-state index contributed by atoms with van der Waals surface area (Å²) in [5.74, 6) is 3.18. The smallest absolute Gasteiger partial charge is 0.264 e. The summed E-state index contributed by atoms with van der Waals surface area (Å²) in [4.78, 5) is 2.50. The summed E-state index contributed by atoms with van der Waals surface area (Å²) >= 11 is 0. The molecular weight excluding hydrogens is 302 g/mol. The van der Waals surface area contributed by atoms with Crippen molar-refractivity contribution in [1.29, 1.82) is 0 Å². The van der Waals surface area contributed by atoms with E-state index in [1.807, 2.05) is 0 Å². The summed E-state index contributed by atoms with van der Waals surface area (Å²) in [5, 5.41) is 0. The van der Waals surface area contributed by atoms with Crippen LogP contribution >= 0.6 is 0 Å². The Kier molecular flexibility index (Phi) is 6.69. The lowest BCUT2D eigenvalue weighted by molar-refractivity contribution is 0.0173. The van der Waals surface area contributed by atoms with Crippen LogP contribution in [0.4, 0.5) is 0 Å². The molecule has 1 aliphatic heterocycles. The number of ether oxygens (including phenoxy) is 1. The molecule has 0 aromatic carbocycles. The molecule has 1 saturated carbocycles. The van der Waals surface area contributed by atoms with E-state index in [1.165, 1.54) is 0 Å². The van der Waals surface area contributed by atoms with Crippen molar-refractivity contribution in [1.82, 2.24) is 4.90 Å². The van der Waals surface area contributed by atoms with Gasteiger partial charge in [-0.1, -0.05) is 5.92 Å². The first-order valence-corrected chi connectivity index (χ1v) is 9.93. The van der Waals surface area contributed by atoms with E-state index in [0.29, 0.717) is 18.6 Å². The number of nitrogens with zero attached hydrogens (tertiary/aromatic N) is 1. The van der Waals surface area contributed by atoms with Crippen LogP contribution in [0.5, 0.6) is 0 Å². The van der Waals surface area contributed by atoms with Gasteiger partial charge in [-0.25, -0.2) is 0 Å². The molecule has 0 atom stereocenters. The number of terminal acetylenes is 1. The van der Waals surface area contributed by atoms with E-state index in [4.69, 9.17) is 15.3 Å². The Morgan fingerprint density at radius 3 is 2.27 bits per heavy atom. The van der Waals surface area contributed by atoms with Gasteiger partial charge in [0.15, 0.2) is 0 Å². The molecule has 6 heteroatoms. The molecule has 0 aromatic rings. The first-order valence-electron chi connectivity index (χ1n) is 8.12. The summed E-state index contributed by atoms with van der Waals surface area (Å²) in [5.41, 5.74) is 0. The third-order valence-corrected chi connectivity index (χ3v) is 5.18. The van der Waals surface area contributed by atoms with Gasteiger partial charge in [-0.3, -0.25) is 4.18 Å². The molecule has 126 valence electrons. The van der Waals surface area contributed by atoms with Crippen molar-refractivity contribution < 1.29 is 17.3 Å². The van der Waals surface area contributed by atoms with Crippen molar-refractivity contribution >= 4 is 10.1 Å². The van der Waals surface area contributed by atoms with Crippen LogP contribution in [0.15, 0.2) is 0 Å². The Labute approximate surface area is 134 Å². The lowest BCUT2D eigenvalue weighted by Crippen LogP contribution is -2.40. The van der Waals surface area contributed by atoms with E-state index in [0.717, 1.165) is 64.4 Å². The lowest BCUT2D eigenvalue weighted by Gasteiger charge is -2.36. The maximum Gasteiger partial charge on any atom is 0.264 e. The van der Waals surface area contributed by atoms with E-state index in [2.05, 4.69) is 10.8 Å². The Balaban J connectivity index is 1.64. The number of rotatable bonds is 6. The molecular formula is C16H27NO4S. The Morgan fingerprint density at radius 1 is 1.09 bits per heavy atom. The number of hydrogen-bond donors (Lipinski definition) is 0. The fraction of sp³-hybridized carbons (Fsp3) is 0.875. The number of likely N-dealkylation sites (tertiary alicyclic amines) is 1. The summed E-state index contributed by atoms with van der Waals surface area (Å²) in [6, 6.07) is 0. The van der Waals surface area contributed by atoms with Crippen molar-refractivity contribution in [2.24, 2.45) is 5.92 Å². The second-order valence-electron chi connectivity index (χ2n) is 6.46. The van der Waals surface area contributed by atoms with Crippen molar-refractivity contribution in [3.05, 3.63) is 0 Å². The summed E-state index contributed by atoms with van der Waals surface area (Å²) in [6.45, 7) is 3.65. The van der Waals surface area contributed by atoms with Gasteiger partial charge in [-0.15, -0.1) is 6.42 Å². The van der Waals surface area contributed by atoms with E-state index >= 15 is 0 Å². The van der Waals surface area contributed by atoms with Crippen molar-refractivity contribution in [2.75, 3.05) is 32.5 Å². The van der Waals surface area contributed by atoms with Crippen LogP contribution < -0.4 is 0 Å². The topological polar surface area (TPSA) is 55.8 Å². The van der Waals surface area contributed by atoms with Crippen LogP contribution in [0, 0.1) is 18.3 Å². The van der Waals surface area contributed by atoms with E-state index in [9.17, 15) is 8.42 Å². The highest BCUT2D eigenvalue weighted by Gasteiger charge is 2.27. The fourth-order valence-electron chi connectivity index (χ4n) is 3.45. The first-order chi connectivity index (χ1) is 10.5. The second kappa shape index (κ2) is 8.30. The molecule has 22 heavy (non-hydrogen) atoms. The third-order valence-electron chi connectivity index (χ3n) is 4.56. The normalized spacial score (nSPS) is 28.4. The second-order valence-corrected chi connectivity index (χ2v) is 8.06. The molecule has 1 heterocycles. The van der Waals surface area contributed by atoms with Crippen LogP contribution in [-0.4, -0.2) is 58.0 Å². The molecule has 0 unspecified atom stereocenters. The van der Waals surface area contributed by atoms with Crippen molar-refractivity contribution in [3.63, 3.8) is 0 Å². The molecule has 0 radical (unpaired) electrons. The Bertz CT molecular complexity index is 469. The number of hydrogen-bond acceptors (Lipinski definition) is 5. The maximum atomic E-state index is 11.1. The molecule has 5 nitrogen and oxygen atoms in total. The molecule has 0 aromatic heterocycles. The number of piperidine rings is 1. The zero-order chi connectivity index (χ0) is 16.0. The zero-order valence-electron chi connectivity index (χ0n) is 13.4. The quantitative estimate of drug-likeness (QED) is 0.548. The predicted molar refractivity (Wildman–Crippen MR) is 85.9 cm³/mol. The van der Waals surface area contributed by atoms with Crippen LogP contribution in [0.3, 0.4) is 0 Å². The molecule has 2 aliphatic rings. The van der Waals surface area contributed by atoms with Crippen LogP contribution in [-0.2, 0) is 19.0 Å². The van der Waals surface area contributed by atoms with Gasteiger partial charge < -0.3 is 9.64 Å². The van der Waals surface area contributed by atoms with Crippen LogP contribution in [0.2, 0.25) is 0 Å². The predicted octanol–water partition coefficient (Wildman–Crippen LogP) is 1.64. The largest absolute Gasteiger partial charge is 0.365 e. The van der Waals surface area contributed by atoms with Gasteiger partial charge in [0.1, 0.15) is 6.61 Å². The SMILES string of the molecule is C#CCOC1CCN(CC2CCC(OS(C)(=O)=O)CC2)CC1. The molecule has 0 bridgehead atoms. The minimum atomic E-state index is -3.32. The van der Waals surface area contributed by atoms with E-state index in [1.54, 1.807) is 0 Å². The van der Waals surface area contributed by atoms with Crippen LogP contribution in [0.25, 0.3) is 0 Å². The average molecular weight is 329 g/mol. The van der Waals surface area contributed by atoms with Gasteiger partial charge >= 0.3 is 0 Å². The molecule has 1 saturated heterocycles. The standard InChI is InChI=1S/C16H27NO4S/c1-3-12-20-15-8-10-17(11-9-15)13-14-4-6-16(7-5-14)21-22(2,18)19/h1,14-16H,4-13H2,2H3. The summed E-state index contributed by atoms with van der Waals surface area (Å²) in [6.07, 6.45) is 12.4. The van der Waals surface area contributed by atoms with Crippen molar-refractivity contribution in [2.45, 2.75) is 50.7 Å². The monoisotopic (exact) mass is 329 g/mol. The highest BCUT2D eigenvalue weighted by molar-refractivity contribution is 7.86. The van der Waals surface area contributed by atoms with Gasteiger partial charge in [-0.2, -0.15) is 8.42 Å². The Hall–Kier alpha value is -0.610. The van der Waals surface area contributed by atoms with Crippen molar-refractivity contribution in [3.8, 4) is 12.3 Å². The van der Waals surface area contributed by atoms with E-state index < -0.39 is 10.1 Å². The lowest BCUT2D eigenvalue weighted by atomic mass is 9.87. The van der Waals surface area contributed by atoms with Gasteiger partial charge in [0.05, 0.1) is 18.5 Å². The summed E-state index contributed by atoms with van der Waals surface area (Å²) in [7, 11) is -3.32. The Morgan fingerprint density at radius 2 is 1.73 bits per heavy atom. The van der Waals surface area contributed by atoms with Gasteiger partial charge in [-0.05, 0) is 44.4 Å². The molecule has 0 N–H and O–H groups in total. The van der Waals surface area contributed by atoms with E-state index in [-0.39, 0.29) is 6.10 Å². The average Bonchev–Trinajstić information content (AvgIpc) is 2.47. The van der Waals surface area contributed by atoms with Gasteiger partial charge in [0.25, 0.3) is 10.1 Å². The van der Waals surface area contributed by atoms with Crippen LogP contribution in [0.1, 0.15) is 38.5 Å². The highest BCUT2D eigenvalue weighted by Crippen LogP contribution is 2.28. The molecule has 0 amide bonds. The van der Waals surface area contributed by atoms with Gasteiger partial charge in [0, 0.05) is 19.6 Å². The molecule has 2 rings (SSSR count). The third kappa shape index (κ3) is 6.25. The zero-order valence-corrected chi connectivity index (χ0v) is 14.2. The highest BCUT2D eigenvalue weighted by atomic mass is 32.2. The maximum absolute atomic E-state index is 11.1. The minimum absolute atomic E-state index is 0.117. The molecule has 1 aliphatic carbocycles. The fourth-order valence-corrected chi connectivity index (χ4v) is 4.13.